The molecule has 0 aliphatic rings. The molecule has 19 heavy (non-hydrogen) atoms. The number of rotatable bonds is 8. The van der Waals surface area contributed by atoms with Gasteiger partial charge in [0.1, 0.15) is 6.04 Å². The van der Waals surface area contributed by atoms with Crippen molar-refractivity contribution in [2.24, 2.45) is 0 Å². The van der Waals surface area contributed by atoms with Crippen LogP contribution in [0.5, 0.6) is 0 Å². The van der Waals surface area contributed by atoms with E-state index in [2.05, 4.69) is 11.3 Å². The Morgan fingerprint density at radius 3 is 2.53 bits per heavy atom. The van der Waals surface area contributed by atoms with Crippen LogP contribution in [0, 0.1) is 0 Å². The van der Waals surface area contributed by atoms with Crippen LogP contribution in [-0.4, -0.2) is 31.3 Å². The van der Waals surface area contributed by atoms with Crippen LogP contribution in [0.2, 0.25) is 0 Å². The molecule has 0 saturated carbocycles. The van der Waals surface area contributed by atoms with E-state index in [1.807, 2.05) is 30.3 Å². The van der Waals surface area contributed by atoms with Gasteiger partial charge < -0.3 is 5.11 Å². The van der Waals surface area contributed by atoms with Crippen molar-refractivity contribution in [2.75, 3.05) is 5.75 Å². The van der Waals surface area contributed by atoms with Crippen LogP contribution in [0.25, 0.3) is 0 Å². The zero-order valence-corrected chi connectivity index (χ0v) is 11.3. The van der Waals surface area contributed by atoms with Crippen LogP contribution in [-0.2, 0) is 21.2 Å². The van der Waals surface area contributed by atoms with Gasteiger partial charge in [0.25, 0.3) is 0 Å². The van der Waals surface area contributed by atoms with Crippen molar-refractivity contribution in [3.8, 4) is 0 Å². The van der Waals surface area contributed by atoms with E-state index < -0.39 is 22.0 Å². The molecule has 0 saturated heterocycles. The van der Waals surface area contributed by atoms with E-state index in [0.717, 1.165) is 5.56 Å². The SMILES string of the molecule is C=CCS(=O)(=O)N[C@@H](CCc1ccccc1)C(=O)O. The molecule has 0 aromatic heterocycles. The van der Waals surface area contributed by atoms with E-state index in [-0.39, 0.29) is 12.2 Å². The summed E-state index contributed by atoms with van der Waals surface area (Å²) in [6.45, 7) is 3.32. The van der Waals surface area contributed by atoms with E-state index in [9.17, 15) is 13.2 Å². The molecule has 1 aromatic rings. The van der Waals surface area contributed by atoms with Gasteiger partial charge in [-0.15, -0.1) is 6.58 Å². The number of sulfonamides is 1. The molecule has 0 aliphatic carbocycles. The molecule has 1 atom stereocenters. The zero-order chi connectivity index (χ0) is 14.3. The van der Waals surface area contributed by atoms with Crippen molar-refractivity contribution in [2.45, 2.75) is 18.9 Å². The third-order valence-electron chi connectivity index (χ3n) is 2.52. The molecule has 0 aliphatic heterocycles. The summed E-state index contributed by atoms with van der Waals surface area (Å²) in [4.78, 5) is 11.0. The molecule has 0 spiro atoms. The second kappa shape index (κ2) is 7.06. The van der Waals surface area contributed by atoms with Crippen molar-refractivity contribution in [1.29, 1.82) is 0 Å². The van der Waals surface area contributed by atoms with Gasteiger partial charge >= 0.3 is 5.97 Å². The lowest BCUT2D eigenvalue weighted by molar-refractivity contribution is -0.139. The monoisotopic (exact) mass is 283 g/mol. The number of carboxylic acids is 1. The van der Waals surface area contributed by atoms with Crippen molar-refractivity contribution in [3.05, 3.63) is 48.6 Å². The highest BCUT2D eigenvalue weighted by atomic mass is 32.2. The quantitative estimate of drug-likeness (QED) is 0.702. The van der Waals surface area contributed by atoms with Gasteiger partial charge in [0, 0.05) is 0 Å². The van der Waals surface area contributed by atoms with Crippen molar-refractivity contribution < 1.29 is 18.3 Å². The highest BCUT2D eigenvalue weighted by molar-refractivity contribution is 7.89. The first kappa shape index (κ1) is 15.4. The molecule has 6 heteroatoms. The van der Waals surface area contributed by atoms with E-state index in [1.54, 1.807) is 0 Å². The van der Waals surface area contributed by atoms with Crippen LogP contribution in [0.15, 0.2) is 43.0 Å². The number of carboxylic acid groups (broad SMARTS) is 1. The number of benzene rings is 1. The Morgan fingerprint density at radius 2 is 2.00 bits per heavy atom. The Balaban J connectivity index is 2.64. The molecule has 0 bridgehead atoms. The van der Waals surface area contributed by atoms with Crippen LogP contribution in [0.1, 0.15) is 12.0 Å². The maximum atomic E-state index is 11.5. The maximum absolute atomic E-state index is 11.5. The number of carbonyl (C=O) groups is 1. The number of nitrogens with one attached hydrogen (secondary N) is 1. The van der Waals surface area contributed by atoms with Gasteiger partial charge in [-0.05, 0) is 18.4 Å². The smallest absolute Gasteiger partial charge is 0.321 e. The zero-order valence-electron chi connectivity index (χ0n) is 10.5. The lowest BCUT2D eigenvalue weighted by Gasteiger charge is -2.14. The minimum atomic E-state index is -3.63. The first-order chi connectivity index (χ1) is 8.94. The Morgan fingerprint density at radius 1 is 1.37 bits per heavy atom. The first-order valence-corrected chi connectivity index (χ1v) is 7.47. The highest BCUT2D eigenvalue weighted by Crippen LogP contribution is 2.06. The summed E-state index contributed by atoms with van der Waals surface area (Å²) < 4.78 is 25.2. The molecule has 5 nitrogen and oxygen atoms in total. The fraction of sp³-hybridized carbons (Fsp3) is 0.308. The minimum absolute atomic E-state index is 0.204. The molecule has 104 valence electrons. The average Bonchev–Trinajstić information content (AvgIpc) is 2.35. The standard InChI is InChI=1S/C13H17NO4S/c1-2-10-19(17,18)14-12(13(15)16)9-8-11-6-4-3-5-7-11/h2-7,12,14H,1,8-10H2,(H,15,16)/t12-/m0/s1. The second-order valence-electron chi connectivity index (χ2n) is 4.10. The number of aliphatic carboxylic acids is 1. The molecular formula is C13H17NO4S. The highest BCUT2D eigenvalue weighted by Gasteiger charge is 2.22. The normalized spacial score (nSPS) is 12.8. The lowest BCUT2D eigenvalue weighted by Crippen LogP contribution is -2.41. The summed E-state index contributed by atoms with van der Waals surface area (Å²) in [7, 11) is -3.63. The van der Waals surface area contributed by atoms with Gasteiger partial charge in [-0.3, -0.25) is 4.79 Å². The summed E-state index contributed by atoms with van der Waals surface area (Å²) in [5.74, 6) is -1.47. The molecule has 1 aromatic carbocycles. The molecule has 1 rings (SSSR count). The van der Waals surface area contributed by atoms with Gasteiger partial charge in [0.2, 0.25) is 10.0 Å². The van der Waals surface area contributed by atoms with Gasteiger partial charge in [0.05, 0.1) is 5.75 Å². The van der Waals surface area contributed by atoms with Crippen molar-refractivity contribution in [3.63, 3.8) is 0 Å². The summed E-state index contributed by atoms with van der Waals surface area (Å²) in [5, 5.41) is 9.03. The fourth-order valence-electron chi connectivity index (χ4n) is 1.61. The summed E-state index contributed by atoms with van der Waals surface area (Å²) in [6, 6.07) is 8.20. The maximum Gasteiger partial charge on any atom is 0.321 e. The van der Waals surface area contributed by atoms with Crippen LogP contribution < -0.4 is 4.72 Å². The molecule has 0 amide bonds. The average molecular weight is 283 g/mol. The van der Waals surface area contributed by atoms with Gasteiger partial charge in [-0.2, -0.15) is 0 Å². The number of hydrogen-bond donors (Lipinski definition) is 2. The predicted molar refractivity (Wildman–Crippen MR) is 73.3 cm³/mol. The number of aryl methyl sites for hydroxylation is 1. The third kappa shape index (κ3) is 5.67. The Bertz CT molecular complexity index is 525. The summed E-state index contributed by atoms with van der Waals surface area (Å²) >= 11 is 0. The predicted octanol–water partition coefficient (Wildman–Crippen LogP) is 1.18. The second-order valence-corrected chi connectivity index (χ2v) is 5.90. The molecule has 2 N–H and O–H groups in total. The summed E-state index contributed by atoms with van der Waals surface area (Å²) in [5.41, 5.74) is 0.969. The summed E-state index contributed by atoms with van der Waals surface area (Å²) in [6.07, 6.45) is 1.92. The lowest BCUT2D eigenvalue weighted by atomic mass is 10.1. The van der Waals surface area contributed by atoms with Crippen LogP contribution >= 0.6 is 0 Å². The Labute approximate surface area is 113 Å². The van der Waals surface area contributed by atoms with E-state index in [1.165, 1.54) is 6.08 Å². The van der Waals surface area contributed by atoms with Gasteiger partial charge in [-0.25, -0.2) is 13.1 Å². The molecule has 0 unspecified atom stereocenters. The molecule has 0 fully saturated rings. The van der Waals surface area contributed by atoms with Crippen molar-refractivity contribution >= 4 is 16.0 Å². The molecule has 0 radical (unpaired) electrons. The van der Waals surface area contributed by atoms with E-state index in [0.29, 0.717) is 6.42 Å². The largest absolute Gasteiger partial charge is 0.480 e. The molecule has 0 heterocycles. The first-order valence-electron chi connectivity index (χ1n) is 5.82. The third-order valence-corrected chi connectivity index (χ3v) is 3.84. The Kier molecular flexibility index (Phi) is 5.72. The molecular weight excluding hydrogens is 266 g/mol. The van der Waals surface area contributed by atoms with Crippen molar-refractivity contribution in [1.82, 2.24) is 4.72 Å². The van der Waals surface area contributed by atoms with Gasteiger partial charge in [-0.1, -0.05) is 36.4 Å². The van der Waals surface area contributed by atoms with Crippen LogP contribution in [0.3, 0.4) is 0 Å². The Hall–Kier alpha value is -1.66. The number of hydrogen-bond acceptors (Lipinski definition) is 3. The van der Waals surface area contributed by atoms with E-state index in [4.69, 9.17) is 5.11 Å². The van der Waals surface area contributed by atoms with Gasteiger partial charge in [0.15, 0.2) is 0 Å². The minimum Gasteiger partial charge on any atom is -0.480 e. The van der Waals surface area contributed by atoms with Crippen LogP contribution in [0.4, 0.5) is 0 Å². The fourth-order valence-corrected chi connectivity index (χ4v) is 2.67. The van der Waals surface area contributed by atoms with E-state index >= 15 is 0 Å². The topological polar surface area (TPSA) is 83.5 Å².